The van der Waals surface area contributed by atoms with Gasteiger partial charge in [0.2, 0.25) is 11.8 Å². The molecule has 0 saturated carbocycles. The minimum Gasteiger partial charge on any atom is -0.474 e. The van der Waals surface area contributed by atoms with Gasteiger partial charge in [-0.15, -0.1) is 0 Å². The van der Waals surface area contributed by atoms with Crippen molar-refractivity contribution in [3.8, 4) is 5.88 Å². The third-order valence-electron chi connectivity index (χ3n) is 3.97. The molecule has 0 radical (unpaired) electrons. The van der Waals surface area contributed by atoms with Crippen LogP contribution in [0, 0.1) is 5.95 Å². The Hall–Kier alpha value is -1.89. The van der Waals surface area contributed by atoms with Gasteiger partial charge >= 0.3 is 6.03 Å². The summed E-state index contributed by atoms with van der Waals surface area (Å²) in [5, 5.41) is 0. The molecule has 2 saturated heterocycles. The smallest absolute Gasteiger partial charge is 0.320 e. The van der Waals surface area contributed by atoms with Gasteiger partial charge in [0.15, 0.2) is 0 Å². The summed E-state index contributed by atoms with van der Waals surface area (Å²) in [6, 6.07) is 4.59. The van der Waals surface area contributed by atoms with Crippen LogP contribution in [-0.4, -0.2) is 66.3 Å². The van der Waals surface area contributed by atoms with Crippen LogP contribution in [0.15, 0.2) is 18.2 Å². The normalized spacial score (nSPS) is 20.0. The maximum absolute atomic E-state index is 13.0. The number of hydrogen-bond acceptors (Lipinski definition) is 4. The largest absolute Gasteiger partial charge is 0.474 e. The van der Waals surface area contributed by atoms with Crippen molar-refractivity contribution in [3.05, 3.63) is 24.1 Å². The molecule has 22 heavy (non-hydrogen) atoms. The van der Waals surface area contributed by atoms with Gasteiger partial charge in [0, 0.05) is 45.1 Å². The summed E-state index contributed by atoms with van der Waals surface area (Å²) in [6.07, 6.45) is 1.44. The highest BCUT2D eigenvalue weighted by molar-refractivity contribution is 5.74. The highest BCUT2D eigenvalue weighted by atomic mass is 19.1. The van der Waals surface area contributed by atoms with E-state index in [4.69, 9.17) is 9.47 Å². The first-order valence-electron chi connectivity index (χ1n) is 7.63. The second-order valence-corrected chi connectivity index (χ2v) is 5.48. The molecule has 6 nitrogen and oxygen atoms in total. The average Bonchev–Trinajstić information content (AvgIpc) is 2.56. The number of ether oxygens (including phenoxy) is 2. The SMILES string of the molecule is O=C(N1CCOCC1)N1CCC(Oc2cccc(F)n2)CC1. The van der Waals surface area contributed by atoms with Crippen LogP contribution in [-0.2, 0) is 4.74 Å². The minimum absolute atomic E-state index is 0.0250. The molecule has 0 spiro atoms. The Bertz CT molecular complexity index is 515. The molecule has 1 aromatic rings. The Labute approximate surface area is 128 Å². The summed E-state index contributed by atoms with van der Waals surface area (Å²) in [5.41, 5.74) is 0. The number of pyridine rings is 1. The molecule has 0 aromatic carbocycles. The number of carbonyl (C=O) groups is 1. The maximum atomic E-state index is 13.0. The highest BCUT2D eigenvalue weighted by Crippen LogP contribution is 2.18. The lowest BCUT2D eigenvalue weighted by atomic mass is 10.1. The fourth-order valence-corrected chi connectivity index (χ4v) is 2.75. The zero-order valence-electron chi connectivity index (χ0n) is 12.4. The summed E-state index contributed by atoms with van der Waals surface area (Å²) < 4.78 is 24.0. The van der Waals surface area contributed by atoms with Gasteiger partial charge in [0.1, 0.15) is 6.10 Å². The van der Waals surface area contributed by atoms with E-state index < -0.39 is 5.95 Å². The van der Waals surface area contributed by atoms with Gasteiger partial charge in [-0.3, -0.25) is 0 Å². The number of likely N-dealkylation sites (tertiary alicyclic amines) is 1. The average molecular weight is 309 g/mol. The van der Waals surface area contributed by atoms with E-state index in [0.29, 0.717) is 45.3 Å². The predicted octanol–water partition coefficient (Wildman–Crippen LogP) is 1.52. The number of carbonyl (C=O) groups excluding carboxylic acids is 1. The van der Waals surface area contributed by atoms with Crippen molar-refractivity contribution in [3.63, 3.8) is 0 Å². The zero-order valence-corrected chi connectivity index (χ0v) is 12.4. The van der Waals surface area contributed by atoms with Crippen molar-refractivity contribution >= 4 is 6.03 Å². The third-order valence-corrected chi connectivity index (χ3v) is 3.97. The van der Waals surface area contributed by atoms with E-state index in [0.717, 1.165) is 12.8 Å². The van der Waals surface area contributed by atoms with E-state index in [1.54, 1.807) is 12.1 Å². The summed E-state index contributed by atoms with van der Waals surface area (Å²) in [5.74, 6) is -0.240. The predicted molar refractivity (Wildman–Crippen MR) is 77.2 cm³/mol. The number of nitrogens with zero attached hydrogens (tertiary/aromatic N) is 3. The fourth-order valence-electron chi connectivity index (χ4n) is 2.75. The molecule has 0 bridgehead atoms. The van der Waals surface area contributed by atoms with Crippen LogP contribution >= 0.6 is 0 Å². The van der Waals surface area contributed by atoms with Crippen molar-refractivity contribution in [1.29, 1.82) is 0 Å². The second kappa shape index (κ2) is 6.91. The molecule has 2 amide bonds. The second-order valence-electron chi connectivity index (χ2n) is 5.48. The van der Waals surface area contributed by atoms with E-state index in [2.05, 4.69) is 4.98 Å². The molecule has 0 aliphatic carbocycles. The molecule has 3 rings (SSSR count). The molecule has 1 aromatic heterocycles. The van der Waals surface area contributed by atoms with Gasteiger partial charge in [0.25, 0.3) is 0 Å². The molecule has 2 fully saturated rings. The molecule has 0 N–H and O–H groups in total. The van der Waals surface area contributed by atoms with Crippen LogP contribution in [0.2, 0.25) is 0 Å². The Morgan fingerprint density at radius 2 is 1.86 bits per heavy atom. The topological polar surface area (TPSA) is 54.9 Å². The van der Waals surface area contributed by atoms with E-state index in [1.165, 1.54) is 6.07 Å². The molecular formula is C15H20FN3O3. The van der Waals surface area contributed by atoms with E-state index in [-0.39, 0.29) is 12.1 Å². The first-order chi connectivity index (χ1) is 10.7. The summed E-state index contributed by atoms with van der Waals surface area (Å²) in [7, 11) is 0. The molecule has 7 heteroatoms. The Kier molecular flexibility index (Phi) is 4.72. The summed E-state index contributed by atoms with van der Waals surface area (Å²) in [6.45, 7) is 3.82. The van der Waals surface area contributed by atoms with Gasteiger partial charge in [-0.2, -0.15) is 9.37 Å². The summed E-state index contributed by atoms with van der Waals surface area (Å²) >= 11 is 0. The Morgan fingerprint density at radius 1 is 1.18 bits per heavy atom. The quantitative estimate of drug-likeness (QED) is 0.777. The lowest BCUT2D eigenvalue weighted by molar-refractivity contribution is 0.0357. The van der Waals surface area contributed by atoms with Crippen LogP contribution in [0.3, 0.4) is 0 Å². The Morgan fingerprint density at radius 3 is 2.55 bits per heavy atom. The standard InChI is InChI=1S/C15H20FN3O3/c16-13-2-1-3-14(17-13)22-12-4-6-18(7-5-12)15(20)19-8-10-21-11-9-19/h1-3,12H,4-11H2. The molecule has 3 heterocycles. The van der Waals surface area contributed by atoms with E-state index >= 15 is 0 Å². The first kappa shape index (κ1) is 15.0. The van der Waals surface area contributed by atoms with Gasteiger partial charge in [-0.25, -0.2) is 4.79 Å². The highest BCUT2D eigenvalue weighted by Gasteiger charge is 2.28. The van der Waals surface area contributed by atoms with E-state index in [9.17, 15) is 9.18 Å². The third kappa shape index (κ3) is 3.65. The minimum atomic E-state index is -0.544. The fraction of sp³-hybridized carbons (Fsp3) is 0.600. The monoisotopic (exact) mass is 309 g/mol. The molecular weight excluding hydrogens is 289 g/mol. The van der Waals surface area contributed by atoms with Gasteiger partial charge in [0.05, 0.1) is 13.2 Å². The van der Waals surface area contributed by atoms with Gasteiger partial charge in [-0.1, -0.05) is 6.07 Å². The van der Waals surface area contributed by atoms with Gasteiger partial charge in [-0.05, 0) is 6.07 Å². The number of rotatable bonds is 2. The van der Waals surface area contributed by atoms with Crippen molar-refractivity contribution in [1.82, 2.24) is 14.8 Å². The van der Waals surface area contributed by atoms with Crippen LogP contribution in [0.25, 0.3) is 0 Å². The number of amides is 2. The van der Waals surface area contributed by atoms with Crippen LogP contribution in [0.1, 0.15) is 12.8 Å². The lowest BCUT2D eigenvalue weighted by Crippen LogP contribution is -2.51. The van der Waals surface area contributed by atoms with Crippen LogP contribution in [0.5, 0.6) is 5.88 Å². The number of aromatic nitrogens is 1. The Balaban J connectivity index is 1.48. The van der Waals surface area contributed by atoms with Crippen molar-refractivity contribution in [2.45, 2.75) is 18.9 Å². The van der Waals surface area contributed by atoms with Crippen LogP contribution < -0.4 is 4.74 Å². The molecule has 2 aliphatic heterocycles. The van der Waals surface area contributed by atoms with Crippen molar-refractivity contribution < 1.29 is 18.7 Å². The number of morpholine rings is 1. The first-order valence-corrected chi connectivity index (χ1v) is 7.63. The molecule has 0 atom stereocenters. The van der Waals surface area contributed by atoms with Crippen LogP contribution in [0.4, 0.5) is 9.18 Å². The molecule has 0 unspecified atom stereocenters. The number of urea groups is 1. The number of hydrogen-bond donors (Lipinski definition) is 0. The molecule has 120 valence electrons. The number of piperidine rings is 1. The maximum Gasteiger partial charge on any atom is 0.320 e. The van der Waals surface area contributed by atoms with Crippen molar-refractivity contribution in [2.24, 2.45) is 0 Å². The lowest BCUT2D eigenvalue weighted by Gasteiger charge is -2.36. The molecule has 2 aliphatic rings. The van der Waals surface area contributed by atoms with E-state index in [1.807, 2.05) is 9.80 Å². The summed E-state index contributed by atoms with van der Waals surface area (Å²) in [4.78, 5) is 19.7. The van der Waals surface area contributed by atoms with Crippen molar-refractivity contribution in [2.75, 3.05) is 39.4 Å². The van der Waals surface area contributed by atoms with Gasteiger partial charge < -0.3 is 19.3 Å². The number of halogens is 1. The zero-order chi connectivity index (χ0) is 15.4.